The number of aliphatic hydroxyl groups excluding tert-OH is 1. The van der Waals surface area contributed by atoms with Gasteiger partial charge in [0.25, 0.3) is 0 Å². The highest BCUT2D eigenvalue weighted by molar-refractivity contribution is 5.03. The minimum atomic E-state index is 0.182. The van der Waals surface area contributed by atoms with Crippen molar-refractivity contribution in [1.29, 1.82) is 0 Å². The van der Waals surface area contributed by atoms with Crippen LogP contribution in [0.5, 0.6) is 0 Å². The van der Waals surface area contributed by atoms with E-state index in [-0.39, 0.29) is 6.61 Å². The molecule has 1 aliphatic carbocycles. The lowest BCUT2D eigenvalue weighted by atomic mass is 10.3. The third-order valence-electron chi connectivity index (χ3n) is 1.98. The average Bonchev–Trinajstić information content (AvgIpc) is 2.83. The second kappa shape index (κ2) is 3.23. The molecule has 4 heteroatoms. The average molecular weight is 168 g/mol. The largest absolute Gasteiger partial charge is 0.396 e. The summed E-state index contributed by atoms with van der Waals surface area (Å²) in [5.74, 6) is 2.06. The van der Waals surface area contributed by atoms with Crippen molar-refractivity contribution in [3.05, 3.63) is 11.7 Å². The molecule has 1 aliphatic rings. The van der Waals surface area contributed by atoms with Crippen LogP contribution in [0.3, 0.4) is 0 Å². The molecule has 0 spiro atoms. The van der Waals surface area contributed by atoms with Gasteiger partial charge in [-0.3, -0.25) is 0 Å². The molecule has 0 aliphatic heterocycles. The van der Waals surface area contributed by atoms with E-state index < -0.39 is 0 Å². The molecule has 0 saturated heterocycles. The van der Waals surface area contributed by atoms with Crippen molar-refractivity contribution in [2.24, 2.45) is 0 Å². The first-order valence-electron chi connectivity index (χ1n) is 4.33. The van der Waals surface area contributed by atoms with Gasteiger partial charge in [-0.25, -0.2) is 0 Å². The van der Waals surface area contributed by atoms with Crippen LogP contribution < -0.4 is 0 Å². The summed E-state index contributed by atoms with van der Waals surface area (Å²) in [6, 6.07) is 0. The van der Waals surface area contributed by atoms with Crippen molar-refractivity contribution in [2.45, 2.75) is 31.6 Å². The quantitative estimate of drug-likeness (QED) is 0.724. The molecule has 1 heterocycles. The first kappa shape index (κ1) is 7.73. The van der Waals surface area contributed by atoms with E-state index in [2.05, 4.69) is 10.1 Å². The summed E-state index contributed by atoms with van der Waals surface area (Å²) >= 11 is 0. The van der Waals surface area contributed by atoms with Crippen LogP contribution in [0, 0.1) is 0 Å². The van der Waals surface area contributed by atoms with Crippen molar-refractivity contribution in [3.63, 3.8) is 0 Å². The van der Waals surface area contributed by atoms with Gasteiger partial charge in [-0.1, -0.05) is 5.16 Å². The van der Waals surface area contributed by atoms with Gasteiger partial charge in [0.15, 0.2) is 5.82 Å². The zero-order valence-corrected chi connectivity index (χ0v) is 6.86. The normalized spacial score (nSPS) is 16.8. The zero-order chi connectivity index (χ0) is 8.39. The van der Waals surface area contributed by atoms with E-state index in [9.17, 15) is 0 Å². The van der Waals surface area contributed by atoms with E-state index in [4.69, 9.17) is 9.63 Å². The van der Waals surface area contributed by atoms with E-state index in [1.807, 2.05) is 0 Å². The van der Waals surface area contributed by atoms with Crippen LogP contribution in [0.2, 0.25) is 0 Å². The zero-order valence-electron chi connectivity index (χ0n) is 6.86. The maximum absolute atomic E-state index is 8.57. The van der Waals surface area contributed by atoms with Gasteiger partial charge >= 0.3 is 0 Å². The predicted octanol–water partition coefficient (Wildman–Crippen LogP) is 0.872. The van der Waals surface area contributed by atoms with Gasteiger partial charge in [0, 0.05) is 18.9 Å². The van der Waals surface area contributed by atoms with Crippen molar-refractivity contribution >= 4 is 0 Å². The van der Waals surface area contributed by atoms with Crippen molar-refractivity contribution < 1.29 is 9.63 Å². The number of hydrogen-bond acceptors (Lipinski definition) is 4. The van der Waals surface area contributed by atoms with E-state index in [0.717, 1.165) is 5.82 Å². The molecule has 12 heavy (non-hydrogen) atoms. The molecule has 1 saturated carbocycles. The molecule has 0 unspecified atom stereocenters. The van der Waals surface area contributed by atoms with Crippen molar-refractivity contribution in [3.8, 4) is 0 Å². The number of rotatable bonds is 4. The molecule has 4 nitrogen and oxygen atoms in total. The maximum Gasteiger partial charge on any atom is 0.226 e. The molecule has 1 N–H and O–H groups in total. The summed E-state index contributed by atoms with van der Waals surface area (Å²) < 4.78 is 5.00. The lowest BCUT2D eigenvalue weighted by molar-refractivity contribution is 0.278. The standard InChI is InChI=1S/C8H12N2O2/c11-5-1-2-7-9-8(10-12-7)6-3-4-6/h6,11H,1-5H2. The topological polar surface area (TPSA) is 59.2 Å². The van der Waals surface area contributed by atoms with Gasteiger partial charge in [-0.05, 0) is 19.3 Å². The Balaban J connectivity index is 1.93. The van der Waals surface area contributed by atoms with Crippen molar-refractivity contribution in [2.75, 3.05) is 6.61 Å². The van der Waals surface area contributed by atoms with E-state index >= 15 is 0 Å². The molecule has 0 radical (unpaired) electrons. The van der Waals surface area contributed by atoms with E-state index in [1.54, 1.807) is 0 Å². The Morgan fingerprint density at radius 2 is 2.33 bits per heavy atom. The molecule has 0 amide bonds. The van der Waals surface area contributed by atoms with E-state index in [0.29, 0.717) is 24.7 Å². The fourth-order valence-electron chi connectivity index (χ4n) is 1.11. The fraction of sp³-hybridized carbons (Fsp3) is 0.750. The van der Waals surface area contributed by atoms with Gasteiger partial charge < -0.3 is 9.63 Å². The lowest BCUT2D eigenvalue weighted by Gasteiger charge is -1.87. The van der Waals surface area contributed by atoms with Crippen LogP contribution >= 0.6 is 0 Å². The molecular formula is C8H12N2O2. The lowest BCUT2D eigenvalue weighted by Crippen LogP contribution is -1.89. The summed E-state index contributed by atoms with van der Waals surface area (Å²) in [6.07, 6.45) is 3.78. The Labute approximate surface area is 70.6 Å². The summed E-state index contributed by atoms with van der Waals surface area (Å²) in [6.45, 7) is 0.182. The van der Waals surface area contributed by atoms with Crippen LogP contribution in [0.4, 0.5) is 0 Å². The van der Waals surface area contributed by atoms with Crippen LogP contribution in [-0.4, -0.2) is 21.9 Å². The van der Waals surface area contributed by atoms with Gasteiger partial charge in [-0.15, -0.1) is 0 Å². The molecular weight excluding hydrogens is 156 g/mol. The Morgan fingerprint density at radius 3 is 3.00 bits per heavy atom. The Morgan fingerprint density at radius 1 is 1.50 bits per heavy atom. The molecule has 2 rings (SSSR count). The smallest absolute Gasteiger partial charge is 0.226 e. The van der Waals surface area contributed by atoms with E-state index in [1.165, 1.54) is 12.8 Å². The van der Waals surface area contributed by atoms with Crippen LogP contribution in [0.25, 0.3) is 0 Å². The number of aromatic nitrogens is 2. The Kier molecular flexibility index (Phi) is 2.08. The minimum absolute atomic E-state index is 0.182. The first-order chi connectivity index (χ1) is 5.90. The summed E-state index contributed by atoms with van der Waals surface area (Å²) in [4.78, 5) is 4.22. The van der Waals surface area contributed by atoms with Crippen LogP contribution in [0.15, 0.2) is 4.52 Å². The van der Waals surface area contributed by atoms with Crippen molar-refractivity contribution in [1.82, 2.24) is 10.1 Å². The van der Waals surface area contributed by atoms with Gasteiger partial charge in [0.05, 0.1) is 0 Å². The van der Waals surface area contributed by atoms with Gasteiger partial charge in [0.1, 0.15) is 0 Å². The second-order valence-corrected chi connectivity index (χ2v) is 3.15. The maximum atomic E-state index is 8.57. The Bertz CT molecular complexity index is 255. The molecule has 1 aromatic rings. The van der Waals surface area contributed by atoms with Gasteiger partial charge in [0.2, 0.25) is 5.89 Å². The fourth-order valence-corrected chi connectivity index (χ4v) is 1.11. The number of nitrogens with zero attached hydrogens (tertiary/aromatic N) is 2. The molecule has 0 atom stereocenters. The third kappa shape index (κ3) is 1.64. The minimum Gasteiger partial charge on any atom is -0.396 e. The number of hydrogen-bond donors (Lipinski definition) is 1. The molecule has 0 aromatic carbocycles. The highest BCUT2D eigenvalue weighted by Crippen LogP contribution is 2.38. The monoisotopic (exact) mass is 168 g/mol. The predicted molar refractivity (Wildman–Crippen MR) is 41.7 cm³/mol. The molecule has 0 bridgehead atoms. The highest BCUT2D eigenvalue weighted by atomic mass is 16.5. The number of aliphatic hydroxyl groups is 1. The van der Waals surface area contributed by atoms with Crippen LogP contribution in [0.1, 0.15) is 36.9 Å². The first-order valence-corrected chi connectivity index (χ1v) is 4.33. The van der Waals surface area contributed by atoms with Crippen LogP contribution in [-0.2, 0) is 6.42 Å². The summed E-state index contributed by atoms with van der Waals surface area (Å²) in [5.41, 5.74) is 0. The molecule has 1 aromatic heterocycles. The number of aryl methyl sites for hydroxylation is 1. The molecule has 66 valence electrons. The third-order valence-corrected chi connectivity index (χ3v) is 1.98. The summed E-state index contributed by atoms with van der Waals surface area (Å²) in [5, 5.41) is 12.4. The SMILES string of the molecule is OCCCc1nc(C2CC2)no1. The Hall–Kier alpha value is -0.900. The van der Waals surface area contributed by atoms with Gasteiger partial charge in [-0.2, -0.15) is 4.98 Å². The second-order valence-electron chi connectivity index (χ2n) is 3.15. The summed E-state index contributed by atoms with van der Waals surface area (Å²) in [7, 11) is 0. The highest BCUT2D eigenvalue weighted by Gasteiger charge is 2.28. The molecule has 1 fully saturated rings.